The number of aromatic nitrogens is 4. The van der Waals surface area contributed by atoms with Crippen LogP contribution in [-0.4, -0.2) is 91.3 Å². The highest BCUT2D eigenvalue weighted by Gasteiger charge is 2.48. The Balaban J connectivity index is 1.48. The number of carbonyl (C=O) groups is 1. The van der Waals surface area contributed by atoms with Crippen LogP contribution in [0.15, 0.2) is 43.0 Å². The summed E-state index contributed by atoms with van der Waals surface area (Å²) < 4.78 is 43.9. The number of rotatable bonds is 18. The molecule has 0 aliphatic carbocycles. The summed E-state index contributed by atoms with van der Waals surface area (Å²) in [5.41, 5.74) is 0.828. The smallest absolute Gasteiger partial charge is 0.263 e. The average Bonchev–Trinajstić information content (AvgIpc) is 3.64. The number of nitrogens with one attached hydrogen (secondary N) is 1. The van der Waals surface area contributed by atoms with Crippen molar-refractivity contribution < 1.29 is 29.4 Å². The molecule has 3 heterocycles. The first kappa shape index (κ1) is 37.2. The summed E-state index contributed by atoms with van der Waals surface area (Å²) in [4.78, 5) is 26.0. The van der Waals surface area contributed by atoms with E-state index in [0.29, 0.717) is 23.5 Å². The molecule has 1 aliphatic rings. The zero-order valence-electron chi connectivity index (χ0n) is 30.2. The van der Waals surface area contributed by atoms with E-state index in [1.807, 2.05) is 39.8 Å². The molecular weight excluding hydrogens is 672 g/mol. The predicted octanol–water partition coefficient (Wildman–Crippen LogP) is 7.48. The van der Waals surface area contributed by atoms with Crippen LogP contribution in [0.1, 0.15) is 75.8 Å². The van der Waals surface area contributed by atoms with Gasteiger partial charge in [0.05, 0.1) is 19.0 Å². The molecule has 2 aromatic heterocycles. The molecule has 0 spiro atoms. The van der Waals surface area contributed by atoms with Gasteiger partial charge in [-0.1, -0.05) is 60.6 Å². The molecular formula is C33H51N6O6PS2. The van der Waals surface area contributed by atoms with Gasteiger partial charge < -0.3 is 28.6 Å². The van der Waals surface area contributed by atoms with E-state index in [1.165, 1.54) is 6.33 Å². The number of para-hydroxylation sites is 1. The van der Waals surface area contributed by atoms with Crippen molar-refractivity contribution >= 4 is 53.0 Å². The van der Waals surface area contributed by atoms with Gasteiger partial charge >= 0.3 is 0 Å². The van der Waals surface area contributed by atoms with Gasteiger partial charge in [0.15, 0.2) is 29.8 Å². The van der Waals surface area contributed by atoms with E-state index in [4.69, 9.17) is 24.6 Å². The molecule has 1 fully saturated rings. The van der Waals surface area contributed by atoms with E-state index in [2.05, 4.69) is 73.4 Å². The molecule has 1 amide bonds. The maximum atomic E-state index is 12.7. The molecule has 1 N–H and O–H groups in total. The number of anilines is 1. The van der Waals surface area contributed by atoms with Crippen LogP contribution in [0.5, 0.6) is 5.75 Å². The fourth-order valence-corrected chi connectivity index (χ4v) is 9.36. The molecule has 5 atom stereocenters. The SMILES string of the molecule is [2H]C[C@H]1O[C@@H](n2cnc3c(NC(=O)COc4ccccc4)ncnc32)[C@@H](OC)C1OP(OCCCCSSC(C)(C)C)N(C(C)C)C(C)C. The zero-order chi connectivity index (χ0) is 35.6. The molecule has 12 nitrogen and oxygen atoms in total. The lowest BCUT2D eigenvalue weighted by atomic mass is 10.1. The summed E-state index contributed by atoms with van der Waals surface area (Å²) in [6, 6.07) is 9.43. The van der Waals surface area contributed by atoms with Gasteiger partial charge in [-0.2, -0.15) is 0 Å². The van der Waals surface area contributed by atoms with E-state index >= 15 is 0 Å². The van der Waals surface area contributed by atoms with Gasteiger partial charge in [0.2, 0.25) is 0 Å². The minimum absolute atomic E-state index is 0.0411. The molecule has 0 radical (unpaired) electrons. The van der Waals surface area contributed by atoms with Gasteiger partial charge in [0, 0.05) is 31.1 Å². The van der Waals surface area contributed by atoms with Crippen LogP contribution in [-0.2, 0) is 23.3 Å². The van der Waals surface area contributed by atoms with E-state index in [0.717, 1.165) is 18.6 Å². The maximum absolute atomic E-state index is 12.7. The van der Waals surface area contributed by atoms with Crippen molar-refractivity contribution in [2.75, 3.05) is 31.4 Å². The number of benzene rings is 1. The van der Waals surface area contributed by atoms with Crippen LogP contribution in [0.25, 0.3) is 11.2 Å². The minimum Gasteiger partial charge on any atom is -0.484 e. The molecule has 1 aromatic carbocycles. The van der Waals surface area contributed by atoms with Crippen LogP contribution in [0.2, 0.25) is 0 Å². The number of hydrogen-bond donors (Lipinski definition) is 1. The number of carbonyl (C=O) groups excluding carboxylic acids is 1. The number of methoxy groups -OCH3 is 1. The first-order chi connectivity index (χ1) is 23.4. The summed E-state index contributed by atoms with van der Waals surface area (Å²) in [6.07, 6.45) is 2.42. The molecule has 15 heteroatoms. The third-order valence-electron chi connectivity index (χ3n) is 7.15. The number of hydrogen-bond acceptors (Lipinski definition) is 12. The van der Waals surface area contributed by atoms with Crippen molar-refractivity contribution in [3.63, 3.8) is 0 Å². The van der Waals surface area contributed by atoms with Gasteiger partial charge in [-0.05, 0) is 59.6 Å². The number of ether oxygens (including phenoxy) is 3. The largest absolute Gasteiger partial charge is 0.484 e. The summed E-state index contributed by atoms with van der Waals surface area (Å²) >= 11 is 0. The lowest BCUT2D eigenvalue weighted by Gasteiger charge is -2.38. The summed E-state index contributed by atoms with van der Waals surface area (Å²) in [5, 5.41) is 2.78. The second-order valence-corrected chi connectivity index (χ2v) is 17.5. The monoisotopic (exact) mass is 723 g/mol. The predicted molar refractivity (Wildman–Crippen MR) is 195 cm³/mol. The Hall–Kier alpha value is -2.03. The van der Waals surface area contributed by atoms with Gasteiger partial charge in [0.1, 0.15) is 24.3 Å². The first-order valence-electron chi connectivity index (χ1n) is 17.0. The summed E-state index contributed by atoms with van der Waals surface area (Å²) in [5.74, 6) is 1.51. The Morgan fingerprint density at radius 2 is 1.88 bits per heavy atom. The van der Waals surface area contributed by atoms with Crippen LogP contribution >= 0.6 is 30.1 Å². The second-order valence-electron chi connectivity index (χ2n) is 12.9. The van der Waals surface area contributed by atoms with E-state index in [9.17, 15) is 4.79 Å². The molecule has 266 valence electrons. The van der Waals surface area contributed by atoms with Crippen LogP contribution in [0.3, 0.4) is 0 Å². The van der Waals surface area contributed by atoms with Crippen molar-refractivity contribution in [3.05, 3.63) is 43.0 Å². The molecule has 0 saturated carbocycles. The zero-order valence-corrected chi connectivity index (χ0v) is 31.7. The van der Waals surface area contributed by atoms with Gasteiger partial charge in [0.25, 0.3) is 14.4 Å². The highest BCUT2D eigenvalue weighted by molar-refractivity contribution is 8.77. The van der Waals surface area contributed by atoms with Crippen LogP contribution < -0.4 is 10.1 Å². The number of nitrogens with zero attached hydrogens (tertiary/aromatic N) is 5. The highest BCUT2D eigenvalue weighted by Crippen LogP contribution is 2.50. The number of fused-ring (bicyclic) bond motifs is 1. The summed E-state index contributed by atoms with van der Waals surface area (Å²) in [7, 11) is 3.91. The molecule has 0 bridgehead atoms. The Morgan fingerprint density at radius 1 is 1.12 bits per heavy atom. The van der Waals surface area contributed by atoms with Gasteiger partial charge in [-0.15, -0.1) is 0 Å². The molecule has 48 heavy (non-hydrogen) atoms. The third-order valence-corrected chi connectivity index (χ3v) is 12.7. The number of amides is 1. The Bertz CT molecular complexity index is 1440. The lowest BCUT2D eigenvalue weighted by Crippen LogP contribution is -2.39. The molecule has 1 saturated heterocycles. The lowest BCUT2D eigenvalue weighted by molar-refractivity contribution is -0.118. The standard InChI is InChI=1S/C33H51N6O6PS2/c1-22(2)39(23(3)4)46(43-17-13-14-18-47-48-33(6,7)8)45-28-24(5)44-32(29(28)41-9)38-21-36-27-30(34-20-35-31(27)38)37-26(40)19-42-25-15-11-10-12-16-25/h10-12,15-16,20-24,28-29,32H,13-14,17-19H2,1-9H3,(H,34,35,37,40)/t24-,28?,29+,32-,46?/m1/s1/i5D. The Labute approximate surface area is 295 Å². The highest BCUT2D eigenvalue weighted by atomic mass is 33.1. The molecule has 3 aromatic rings. The number of imidazole rings is 1. The third kappa shape index (κ3) is 10.7. The molecule has 4 rings (SSSR count). The first-order valence-corrected chi connectivity index (χ1v) is 19.7. The fourth-order valence-electron chi connectivity index (χ4n) is 5.13. The summed E-state index contributed by atoms with van der Waals surface area (Å²) in [6.45, 7) is 15.5. The van der Waals surface area contributed by atoms with Crippen molar-refractivity contribution in [1.82, 2.24) is 24.2 Å². The average molecular weight is 724 g/mol. The topological polar surface area (TPSA) is 122 Å². The molecule has 2 unspecified atom stereocenters. The normalized spacial score (nSPS) is 20.9. The van der Waals surface area contributed by atoms with Crippen LogP contribution in [0.4, 0.5) is 5.82 Å². The van der Waals surface area contributed by atoms with E-state index in [1.54, 1.807) is 30.1 Å². The van der Waals surface area contributed by atoms with E-state index in [-0.39, 0.29) is 42.1 Å². The van der Waals surface area contributed by atoms with Gasteiger partial charge in [-0.3, -0.25) is 9.36 Å². The van der Waals surface area contributed by atoms with Crippen molar-refractivity contribution in [3.8, 4) is 5.75 Å². The minimum atomic E-state index is -1.50. The van der Waals surface area contributed by atoms with Gasteiger partial charge in [-0.25, -0.2) is 19.6 Å². The quantitative estimate of drug-likeness (QED) is 0.0795. The van der Waals surface area contributed by atoms with Crippen molar-refractivity contribution in [1.29, 1.82) is 0 Å². The second kappa shape index (κ2) is 18.3. The fraction of sp³-hybridized carbons (Fsp3) is 0.636. The maximum Gasteiger partial charge on any atom is 0.263 e. The van der Waals surface area contributed by atoms with E-state index < -0.39 is 33.1 Å². The Kier molecular flexibility index (Phi) is 14.2. The molecule has 1 aliphatic heterocycles. The number of unbranched alkanes of at least 4 members (excludes halogenated alkanes) is 1. The van der Waals surface area contributed by atoms with Crippen LogP contribution in [0, 0.1) is 0 Å². The van der Waals surface area contributed by atoms with Crippen molar-refractivity contribution in [2.24, 2.45) is 0 Å². The van der Waals surface area contributed by atoms with Crippen molar-refractivity contribution in [2.45, 2.75) is 110 Å². The Morgan fingerprint density at radius 3 is 2.54 bits per heavy atom.